The van der Waals surface area contributed by atoms with Crippen LogP contribution >= 0.6 is 0 Å². The van der Waals surface area contributed by atoms with Crippen molar-refractivity contribution in [2.24, 2.45) is 0 Å². The van der Waals surface area contributed by atoms with Crippen molar-refractivity contribution in [1.82, 2.24) is 4.90 Å². The molecule has 0 unspecified atom stereocenters. The number of carbonyl (C=O) groups excluding carboxylic acids is 1. The van der Waals surface area contributed by atoms with Crippen LogP contribution in [0.1, 0.15) is 22.0 Å². The second kappa shape index (κ2) is 8.79. The third-order valence-electron chi connectivity index (χ3n) is 4.70. The first-order valence-electron chi connectivity index (χ1n) is 9.29. The van der Waals surface area contributed by atoms with Crippen LogP contribution in [-0.4, -0.2) is 43.7 Å². The highest BCUT2D eigenvalue weighted by atomic mass is 16.5. The van der Waals surface area contributed by atoms with E-state index >= 15 is 0 Å². The number of benzene rings is 2. The van der Waals surface area contributed by atoms with E-state index in [2.05, 4.69) is 10.6 Å². The molecule has 0 aliphatic carbocycles. The summed E-state index contributed by atoms with van der Waals surface area (Å²) in [6, 6.07) is 13.6. The van der Waals surface area contributed by atoms with Gasteiger partial charge in [0.05, 0.1) is 23.9 Å². The summed E-state index contributed by atoms with van der Waals surface area (Å²) < 4.78 is 5.24. The molecule has 1 amide bonds. The molecule has 3 aromatic carbocycles. The number of hydrogen-bond donors (Lipinski definition) is 3. The van der Waals surface area contributed by atoms with Crippen molar-refractivity contribution in [1.29, 1.82) is 0 Å². The van der Waals surface area contributed by atoms with Crippen LogP contribution in [0.4, 0.5) is 17.1 Å². The van der Waals surface area contributed by atoms with E-state index in [1.54, 1.807) is 27.3 Å². The number of aromatic hydroxyl groups is 1. The third kappa shape index (κ3) is 4.04. The van der Waals surface area contributed by atoms with Crippen molar-refractivity contribution in [2.45, 2.75) is 6.04 Å². The number of rotatable bonds is 8. The topological polar surface area (TPSA) is 108 Å². The normalized spacial score (nSPS) is 11.8. The van der Waals surface area contributed by atoms with E-state index < -0.39 is 10.9 Å². The molecule has 3 rings (SSSR count). The Hall–Kier alpha value is -3.65. The summed E-state index contributed by atoms with van der Waals surface area (Å²) in [6.45, 7) is 0.278. The van der Waals surface area contributed by atoms with Crippen LogP contribution in [0.3, 0.4) is 0 Å². The SMILES string of the molecule is COC[C@@H](Nc1c(Nc2cccc(C(=O)N(C)C)c2O)c(=O)c1=O)c1ccccc1. The molecule has 0 aliphatic rings. The first kappa shape index (κ1) is 21.1. The van der Waals surface area contributed by atoms with Crippen molar-refractivity contribution in [2.75, 3.05) is 38.4 Å². The number of carbonyl (C=O) groups is 1. The quantitative estimate of drug-likeness (QED) is 0.387. The number of ether oxygens (including phenoxy) is 1. The van der Waals surface area contributed by atoms with Gasteiger partial charge in [0.25, 0.3) is 16.8 Å². The van der Waals surface area contributed by atoms with Gasteiger partial charge in [-0.05, 0) is 17.7 Å². The molecule has 0 bridgehead atoms. The maximum Gasteiger partial charge on any atom is 0.257 e. The fourth-order valence-electron chi connectivity index (χ4n) is 3.09. The van der Waals surface area contributed by atoms with Gasteiger partial charge in [0.2, 0.25) is 0 Å². The van der Waals surface area contributed by atoms with E-state index in [0.29, 0.717) is 0 Å². The zero-order valence-electron chi connectivity index (χ0n) is 16.9. The smallest absolute Gasteiger partial charge is 0.257 e. The second-order valence-corrected chi connectivity index (χ2v) is 7.00. The lowest BCUT2D eigenvalue weighted by atomic mass is 10.1. The first-order chi connectivity index (χ1) is 14.3. The number of hydrogen-bond acceptors (Lipinski definition) is 7. The van der Waals surface area contributed by atoms with Gasteiger partial charge in [-0.3, -0.25) is 14.4 Å². The second-order valence-electron chi connectivity index (χ2n) is 7.00. The van der Waals surface area contributed by atoms with Gasteiger partial charge in [0.1, 0.15) is 11.4 Å². The van der Waals surface area contributed by atoms with E-state index in [1.165, 1.54) is 17.0 Å². The molecule has 8 heteroatoms. The molecule has 0 aliphatic heterocycles. The molecule has 0 heterocycles. The van der Waals surface area contributed by atoms with Gasteiger partial charge in [-0.15, -0.1) is 0 Å². The number of anilines is 3. The largest absolute Gasteiger partial charge is 0.505 e. The lowest BCUT2D eigenvalue weighted by Gasteiger charge is -2.23. The average molecular weight is 409 g/mol. The Morgan fingerprint density at radius 3 is 2.33 bits per heavy atom. The number of nitrogens with zero attached hydrogens (tertiary/aromatic N) is 1. The average Bonchev–Trinajstić information content (AvgIpc) is 2.76. The molecular formula is C22H23N3O5. The van der Waals surface area contributed by atoms with Gasteiger partial charge < -0.3 is 25.4 Å². The van der Waals surface area contributed by atoms with Crippen LogP contribution in [0.2, 0.25) is 0 Å². The third-order valence-corrected chi connectivity index (χ3v) is 4.70. The van der Waals surface area contributed by atoms with Crippen LogP contribution in [0.15, 0.2) is 58.1 Å². The molecule has 3 aromatic rings. The molecule has 30 heavy (non-hydrogen) atoms. The summed E-state index contributed by atoms with van der Waals surface area (Å²) in [5.41, 5.74) is -0.100. The molecule has 1 atom stereocenters. The number of amides is 1. The highest BCUT2D eigenvalue weighted by molar-refractivity contribution is 5.99. The van der Waals surface area contributed by atoms with Gasteiger partial charge in [-0.2, -0.15) is 0 Å². The molecule has 0 saturated carbocycles. The highest BCUT2D eigenvalue weighted by Gasteiger charge is 2.26. The number of methoxy groups -OCH3 is 1. The molecular weight excluding hydrogens is 386 g/mol. The Labute approximate surface area is 173 Å². The van der Waals surface area contributed by atoms with Crippen molar-refractivity contribution in [3.63, 3.8) is 0 Å². The first-order valence-corrected chi connectivity index (χ1v) is 9.29. The zero-order chi connectivity index (χ0) is 21.8. The summed E-state index contributed by atoms with van der Waals surface area (Å²) in [6.07, 6.45) is 0. The van der Waals surface area contributed by atoms with Gasteiger partial charge in [0, 0.05) is 21.2 Å². The molecule has 0 aromatic heterocycles. The Kier molecular flexibility index (Phi) is 6.17. The Morgan fingerprint density at radius 2 is 1.70 bits per heavy atom. The lowest BCUT2D eigenvalue weighted by molar-refractivity contribution is 0.0824. The highest BCUT2D eigenvalue weighted by Crippen LogP contribution is 2.32. The zero-order valence-corrected chi connectivity index (χ0v) is 16.9. The molecule has 3 N–H and O–H groups in total. The monoisotopic (exact) mass is 409 g/mol. The van der Waals surface area contributed by atoms with Crippen molar-refractivity contribution in [3.8, 4) is 5.75 Å². The summed E-state index contributed by atoms with van der Waals surface area (Å²) >= 11 is 0. The Morgan fingerprint density at radius 1 is 1.03 bits per heavy atom. The van der Waals surface area contributed by atoms with Crippen LogP contribution in [0.25, 0.3) is 0 Å². The standard InChI is InChI=1S/C22H23N3O5/c1-25(2)22(29)14-10-7-11-15(19(14)26)23-17-18(21(28)20(17)27)24-16(12-30-3)13-8-5-4-6-9-13/h4-11,16,23-24,26H,12H2,1-3H3/t16-/m1/s1. The minimum Gasteiger partial charge on any atom is -0.505 e. The Bertz CT molecular complexity index is 1120. The van der Waals surface area contributed by atoms with Gasteiger partial charge in [-0.25, -0.2) is 0 Å². The van der Waals surface area contributed by atoms with Crippen LogP contribution in [0, 0.1) is 0 Å². The van der Waals surface area contributed by atoms with Crippen LogP contribution in [0.5, 0.6) is 5.75 Å². The van der Waals surface area contributed by atoms with E-state index in [0.717, 1.165) is 5.56 Å². The number of nitrogens with one attached hydrogen (secondary N) is 2. The van der Waals surface area contributed by atoms with E-state index in [1.807, 2.05) is 30.3 Å². The molecule has 8 nitrogen and oxygen atoms in total. The number of para-hydroxylation sites is 1. The Balaban J connectivity index is 1.91. The molecule has 156 valence electrons. The molecule has 0 spiro atoms. The van der Waals surface area contributed by atoms with E-state index in [9.17, 15) is 19.5 Å². The van der Waals surface area contributed by atoms with Gasteiger partial charge >= 0.3 is 0 Å². The fraction of sp³-hybridized carbons (Fsp3) is 0.227. The van der Waals surface area contributed by atoms with Crippen molar-refractivity contribution < 1.29 is 14.6 Å². The number of phenolic OH excluding ortho intramolecular Hbond substituents is 1. The number of phenols is 1. The van der Waals surface area contributed by atoms with Crippen LogP contribution < -0.4 is 21.5 Å². The summed E-state index contributed by atoms with van der Waals surface area (Å²) in [5.74, 6) is -0.685. The van der Waals surface area contributed by atoms with E-state index in [-0.39, 0.29) is 46.9 Å². The summed E-state index contributed by atoms with van der Waals surface area (Å²) in [5, 5.41) is 16.3. The fourth-order valence-corrected chi connectivity index (χ4v) is 3.09. The maximum atomic E-state index is 12.2. The lowest BCUT2D eigenvalue weighted by Crippen LogP contribution is -2.38. The van der Waals surface area contributed by atoms with Crippen molar-refractivity contribution >= 4 is 23.0 Å². The van der Waals surface area contributed by atoms with Crippen molar-refractivity contribution in [3.05, 3.63) is 80.1 Å². The summed E-state index contributed by atoms with van der Waals surface area (Å²) in [7, 11) is 4.68. The van der Waals surface area contributed by atoms with Gasteiger partial charge in [-0.1, -0.05) is 36.4 Å². The van der Waals surface area contributed by atoms with E-state index in [4.69, 9.17) is 4.74 Å². The molecule has 0 radical (unpaired) electrons. The molecule has 0 saturated heterocycles. The predicted molar refractivity (Wildman–Crippen MR) is 115 cm³/mol. The minimum atomic E-state index is -0.703. The van der Waals surface area contributed by atoms with Gasteiger partial charge in [0.15, 0.2) is 5.75 Å². The predicted octanol–water partition coefficient (Wildman–Crippen LogP) is 2.23. The molecule has 0 fully saturated rings. The minimum absolute atomic E-state index is 0.0294. The maximum absolute atomic E-state index is 12.2. The summed E-state index contributed by atoms with van der Waals surface area (Å²) in [4.78, 5) is 38.0. The van der Waals surface area contributed by atoms with Crippen LogP contribution in [-0.2, 0) is 4.74 Å².